The lowest BCUT2D eigenvalue weighted by molar-refractivity contribution is 0.129. The molecule has 2 rings (SSSR count). The summed E-state index contributed by atoms with van der Waals surface area (Å²) in [7, 11) is 3.58. The van der Waals surface area contributed by atoms with E-state index in [2.05, 4.69) is 39.8 Å². The van der Waals surface area contributed by atoms with E-state index in [0.717, 1.165) is 33.5 Å². The summed E-state index contributed by atoms with van der Waals surface area (Å²) in [5.74, 6) is 1.57. The Labute approximate surface area is 139 Å². The molecule has 0 fully saturated rings. The number of rotatable bonds is 6. The van der Waals surface area contributed by atoms with Gasteiger partial charge in [-0.2, -0.15) is 0 Å². The summed E-state index contributed by atoms with van der Waals surface area (Å²) in [6, 6.07) is 10.1. The number of anilines is 1. The highest BCUT2D eigenvalue weighted by Crippen LogP contribution is 2.27. The van der Waals surface area contributed by atoms with Crippen LogP contribution < -0.4 is 5.32 Å². The Morgan fingerprint density at radius 1 is 1.24 bits per heavy atom. The maximum Gasteiger partial charge on any atom is 0.164 e. The van der Waals surface area contributed by atoms with Crippen molar-refractivity contribution in [2.24, 2.45) is 0 Å². The van der Waals surface area contributed by atoms with Crippen LogP contribution in [-0.4, -0.2) is 24.1 Å². The zero-order valence-corrected chi connectivity index (χ0v) is 14.7. The van der Waals surface area contributed by atoms with Gasteiger partial charge in [0.2, 0.25) is 0 Å². The smallest absolute Gasteiger partial charge is 0.164 e. The first-order valence-corrected chi connectivity index (χ1v) is 8.10. The summed E-state index contributed by atoms with van der Waals surface area (Å²) in [4.78, 5) is 9.36. The lowest BCUT2D eigenvalue weighted by Crippen LogP contribution is -2.13. The van der Waals surface area contributed by atoms with Crippen molar-refractivity contribution in [3.63, 3.8) is 0 Å². The molecule has 0 radical (unpaired) electrons. The Hall–Kier alpha value is -1.21. The van der Waals surface area contributed by atoms with E-state index in [0.29, 0.717) is 5.82 Å². The molecule has 1 aromatic heterocycles. The van der Waals surface area contributed by atoms with Gasteiger partial charge in [0.05, 0.1) is 9.26 Å². The minimum absolute atomic E-state index is 0.245. The second kappa shape index (κ2) is 7.70. The lowest BCUT2D eigenvalue weighted by Gasteiger charge is -2.17. The van der Waals surface area contributed by atoms with Gasteiger partial charge in [0, 0.05) is 14.2 Å². The van der Waals surface area contributed by atoms with E-state index in [4.69, 9.17) is 9.72 Å². The van der Waals surface area contributed by atoms with Crippen LogP contribution in [-0.2, 0) is 11.2 Å². The second-order valence-corrected chi connectivity index (χ2v) is 5.80. The van der Waals surface area contributed by atoms with Gasteiger partial charge in [0.25, 0.3) is 0 Å². The summed E-state index contributed by atoms with van der Waals surface area (Å²) >= 11 is 2.30. The predicted molar refractivity (Wildman–Crippen MR) is 93.6 cm³/mol. The van der Waals surface area contributed by atoms with Crippen molar-refractivity contribution in [2.75, 3.05) is 19.5 Å². The molecule has 0 saturated heterocycles. The van der Waals surface area contributed by atoms with Gasteiger partial charge >= 0.3 is 0 Å². The summed E-state index contributed by atoms with van der Waals surface area (Å²) in [6.45, 7) is 2.15. The van der Waals surface area contributed by atoms with E-state index in [1.807, 2.05) is 37.4 Å². The SMILES string of the molecule is CCCc1nc(C(OC)c2ccccc2)nc(NC)c1I. The van der Waals surface area contributed by atoms with Crippen LogP contribution in [0.25, 0.3) is 0 Å². The van der Waals surface area contributed by atoms with E-state index in [1.165, 1.54) is 0 Å². The highest BCUT2D eigenvalue weighted by Gasteiger charge is 2.20. The number of hydrogen-bond donors (Lipinski definition) is 1. The molecule has 1 unspecified atom stereocenters. The number of aryl methyl sites for hydroxylation is 1. The zero-order valence-electron chi connectivity index (χ0n) is 12.6. The highest BCUT2D eigenvalue weighted by molar-refractivity contribution is 14.1. The lowest BCUT2D eigenvalue weighted by atomic mass is 10.1. The van der Waals surface area contributed by atoms with Gasteiger partial charge in [0.15, 0.2) is 5.82 Å². The molecule has 0 amide bonds. The van der Waals surface area contributed by atoms with Crippen molar-refractivity contribution in [3.8, 4) is 0 Å². The van der Waals surface area contributed by atoms with Crippen LogP contribution in [0.1, 0.15) is 36.5 Å². The van der Waals surface area contributed by atoms with Gasteiger partial charge in [-0.05, 0) is 34.6 Å². The Balaban J connectivity index is 2.48. The molecule has 0 aliphatic carbocycles. The molecule has 0 aliphatic rings. The Bertz CT molecular complexity index is 590. The van der Waals surface area contributed by atoms with Crippen LogP contribution in [0.2, 0.25) is 0 Å². The summed E-state index contributed by atoms with van der Waals surface area (Å²) in [5.41, 5.74) is 2.14. The van der Waals surface area contributed by atoms with Crippen LogP contribution in [0, 0.1) is 3.57 Å². The Kier molecular flexibility index (Phi) is 5.93. The summed E-state index contributed by atoms with van der Waals surface area (Å²) in [6.07, 6.45) is 1.75. The molecule has 1 N–H and O–H groups in total. The van der Waals surface area contributed by atoms with Crippen LogP contribution in [0.5, 0.6) is 0 Å². The third-order valence-electron chi connectivity index (χ3n) is 3.23. The van der Waals surface area contributed by atoms with Gasteiger partial charge in [-0.15, -0.1) is 0 Å². The molecule has 112 valence electrons. The first-order chi connectivity index (χ1) is 10.2. The first kappa shape index (κ1) is 16.2. The monoisotopic (exact) mass is 397 g/mol. The Morgan fingerprint density at radius 2 is 1.95 bits per heavy atom. The minimum atomic E-state index is -0.245. The minimum Gasteiger partial charge on any atom is -0.372 e. The number of nitrogens with zero attached hydrogens (tertiary/aromatic N) is 2. The molecule has 1 aromatic carbocycles. The molecular weight excluding hydrogens is 377 g/mol. The molecular formula is C16H20IN3O. The number of ether oxygens (including phenoxy) is 1. The highest BCUT2D eigenvalue weighted by atomic mass is 127. The van der Waals surface area contributed by atoms with Crippen molar-refractivity contribution >= 4 is 28.4 Å². The maximum atomic E-state index is 5.64. The fourth-order valence-electron chi connectivity index (χ4n) is 2.22. The van der Waals surface area contributed by atoms with Crippen LogP contribution in [0.4, 0.5) is 5.82 Å². The quantitative estimate of drug-likeness (QED) is 0.754. The third-order valence-corrected chi connectivity index (χ3v) is 4.37. The number of benzene rings is 1. The fourth-order valence-corrected chi connectivity index (χ4v) is 3.00. The Morgan fingerprint density at radius 3 is 2.52 bits per heavy atom. The average molecular weight is 397 g/mol. The van der Waals surface area contributed by atoms with E-state index >= 15 is 0 Å². The first-order valence-electron chi connectivity index (χ1n) is 7.03. The van der Waals surface area contributed by atoms with Crippen molar-refractivity contribution in [1.82, 2.24) is 9.97 Å². The maximum absolute atomic E-state index is 5.64. The normalized spacial score (nSPS) is 12.2. The predicted octanol–water partition coefficient (Wildman–Crippen LogP) is 3.81. The number of methoxy groups -OCH3 is 1. The molecule has 5 heteroatoms. The molecule has 0 bridgehead atoms. The van der Waals surface area contributed by atoms with Gasteiger partial charge in [-0.3, -0.25) is 0 Å². The van der Waals surface area contributed by atoms with Gasteiger partial charge in [0.1, 0.15) is 11.9 Å². The standard InChI is InChI=1S/C16H20IN3O/c1-4-8-12-13(17)15(18-2)20-16(19-12)14(21-3)11-9-6-5-7-10-11/h5-7,9-10,14H,4,8H2,1-3H3,(H,18,19,20). The zero-order chi connectivity index (χ0) is 15.2. The van der Waals surface area contributed by atoms with Crippen molar-refractivity contribution in [3.05, 3.63) is 51.0 Å². The van der Waals surface area contributed by atoms with E-state index < -0.39 is 0 Å². The topological polar surface area (TPSA) is 47.0 Å². The van der Waals surface area contributed by atoms with Crippen LogP contribution >= 0.6 is 22.6 Å². The summed E-state index contributed by atoms with van der Waals surface area (Å²) < 4.78 is 6.73. The number of nitrogens with one attached hydrogen (secondary N) is 1. The molecule has 2 aromatic rings. The van der Waals surface area contributed by atoms with E-state index in [1.54, 1.807) is 7.11 Å². The van der Waals surface area contributed by atoms with E-state index in [9.17, 15) is 0 Å². The second-order valence-electron chi connectivity index (χ2n) is 4.72. The molecule has 21 heavy (non-hydrogen) atoms. The van der Waals surface area contributed by atoms with Gasteiger partial charge < -0.3 is 10.1 Å². The molecule has 0 saturated carbocycles. The number of hydrogen-bond acceptors (Lipinski definition) is 4. The number of halogens is 1. The summed E-state index contributed by atoms with van der Waals surface area (Å²) in [5, 5.41) is 3.15. The molecule has 0 spiro atoms. The molecule has 0 aliphatic heterocycles. The third kappa shape index (κ3) is 3.71. The van der Waals surface area contributed by atoms with E-state index in [-0.39, 0.29) is 6.10 Å². The number of aromatic nitrogens is 2. The van der Waals surface area contributed by atoms with Crippen molar-refractivity contribution < 1.29 is 4.74 Å². The molecule has 1 atom stereocenters. The molecule has 1 heterocycles. The van der Waals surface area contributed by atoms with Gasteiger partial charge in [-0.1, -0.05) is 43.7 Å². The van der Waals surface area contributed by atoms with Crippen molar-refractivity contribution in [2.45, 2.75) is 25.9 Å². The van der Waals surface area contributed by atoms with Crippen molar-refractivity contribution in [1.29, 1.82) is 0 Å². The van der Waals surface area contributed by atoms with Gasteiger partial charge in [-0.25, -0.2) is 9.97 Å². The van der Waals surface area contributed by atoms with Crippen LogP contribution in [0.3, 0.4) is 0 Å². The largest absolute Gasteiger partial charge is 0.372 e. The fraction of sp³-hybridized carbons (Fsp3) is 0.375. The van der Waals surface area contributed by atoms with Crippen LogP contribution in [0.15, 0.2) is 30.3 Å². The average Bonchev–Trinajstić information content (AvgIpc) is 2.52. The molecule has 4 nitrogen and oxygen atoms in total.